The molecule has 33 heavy (non-hydrogen) atoms. The van der Waals surface area contributed by atoms with Gasteiger partial charge in [0, 0.05) is 5.02 Å². The van der Waals surface area contributed by atoms with E-state index in [9.17, 15) is 9.59 Å². The molecule has 4 aromatic rings. The summed E-state index contributed by atoms with van der Waals surface area (Å²) in [6.45, 7) is 0.391. The lowest BCUT2D eigenvalue weighted by molar-refractivity contribution is -0.154. The van der Waals surface area contributed by atoms with Crippen LogP contribution in [-0.4, -0.2) is 33.7 Å². The number of hydrogen-bond donors (Lipinski definition) is 2. The van der Waals surface area contributed by atoms with Crippen molar-refractivity contribution in [3.8, 4) is 17.2 Å². The van der Waals surface area contributed by atoms with Crippen LogP contribution in [0.3, 0.4) is 0 Å². The molecule has 0 radical (unpaired) electrons. The number of carbonyl (C=O) groups is 2. The molecule has 0 unspecified atom stereocenters. The van der Waals surface area contributed by atoms with Crippen molar-refractivity contribution in [3.05, 3.63) is 59.6 Å². The molecule has 7 nitrogen and oxygen atoms in total. The van der Waals surface area contributed by atoms with Crippen LogP contribution in [-0.2, 0) is 9.59 Å². The molecule has 0 saturated heterocycles. The number of fused-ring (bicyclic) bond motifs is 2. The molecule has 0 aliphatic carbocycles. The number of rotatable bonds is 10. The summed E-state index contributed by atoms with van der Waals surface area (Å²) in [6, 6.07) is 17.1. The van der Waals surface area contributed by atoms with Crippen LogP contribution >= 0.6 is 11.6 Å². The van der Waals surface area contributed by atoms with Crippen molar-refractivity contribution < 1.29 is 29.0 Å². The van der Waals surface area contributed by atoms with E-state index in [4.69, 9.17) is 31.0 Å². The molecule has 0 spiro atoms. The summed E-state index contributed by atoms with van der Waals surface area (Å²) >= 11 is 6.08. The highest BCUT2D eigenvalue weighted by Gasteiger charge is 2.24. The average Bonchev–Trinajstić information content (AvgIpc) is 3.20. The van der Waals surface area contributed by atoms with Gasteiger partial charge in [0.2, 0.25) is 5.89 Å². The van der Waals surface area contributed by atoms with E-state index in [0.717, 1.165) is 16.3 Å². The molecule has 8 heteroatoms. The number of hydrogen-bond acceptors (Lipinski definition) is 5. The van der Waals surface area contributed by atoms with Crippen molar-refractivity contribution in [3.63, 3.8) is 0 Å². The Balaban J connectivity index is 1.49. The van der Waals surface area contributed by atoms with E-state index in [0.29, 0.717) is 53.6 Å². The molecule has 0 aliphatic heterocycles. The number of nitrogens with zero attached hydrogens (tertiary/aromatic N) is 1. The van der Waals surface area contributed by atoms with Crippen LogP contribution in [0.1, 0.15) is 25.7 Å². The van der Waals surface area contributed by atoms with Crippen LogP contribution in [0.15, 0.2) is 59.0 Å². The first kappa shape index (κ1) is 22.6. The molecule has 4 rings (SSSR count). The summed E-state index contributed by atoms with van der Waals surface area (Å²) in [5.74, 6) is -2.93. The van der Waals surface area contributed by atoms with E-state index < -0.39 is 17.9 Å². The number of benzene rings is 3. The summed E-state index contributed by atoms with van der Waals surface area (Å²) in [5, 5.41) is 20.5. The van der Waals surface area contributed by atoms with Crippen molar-refractivity contribution in [1.82, 2.24) is 4.98 Å². The molecule has 0 saturated carbocycles. The molecular formula is C25H22ClNO6. The first-order chi connectivity index (χ1) is 15.9. The van der Waals surface area contributed by atoms with Crippen molar-refractivity contribution in [2.45, 2.75) is 25.7 Å². The lowest BCUT2D eigenvalue weighted by Gasteiger charge is -2.12. The summed E-state index contributed by atoms with van der Waals surface area (Å²) in [5.41, 5.74) is 2.00. The predicted molar refractivity (Wildman–Crippen MR) is 125 cm³/mol. The zero-order valence-corrected chi connectivity index (χ0v) is 18.4. The number of unbranched alkanes of at least 4 members (excludes halogenated alkanes) is 2. The van der Waals surface area contributed by atoms with Gasteiger partial charge in [-0.05, 0) is 53.9 Å². The molecule has 3 aromatic carbocycles. The van der Waals surface area contributed by atoms with E-state index in [-0.39, 0.29) is 6.42 Å². The third-order valence-electron chi connectivity index (χ3n) is 5.42. The van der Waals surface area contributed by atoms with E-state index in [1.807, 2.05) is 36.4 Å². The quantitative estimate of drug-likeness (QED) is 0.216. The van der Waals surface area contributed by atoms with E-state index in [1.54, 1.807) is 18.2 Å². The minimum Gasteiger partial charge on any atom is -0.493 e. The number of aliphatic carboxylic acids is 2. The maximum atomic E-state index is 11.0. The zero-order valence-electron chi connectivity index (χ0n) is 17.7. The molecule has 0 fully saturated rings. The lowest BCUT2D eigenvalue weighted by Crippen LogP contribution is -2.23. The van der Waals surface area contributed by atoms with E-state index >= 15 is 0 Å². The Morgan fingerprint density at radius 3 is 2.42 bits per heavy atom. The number of aromatic nitrogens is 1. The first-order valence-corrected chi connectivity index (χ1v) is 11.0. The molecule has 1 heterocycles. The predicted octanol–water partition coefficient (Wildman–Crippen LogP) is 6.03. The van der Waals surface area contributed by atoms with Crippen molar-refractivity contribution >= 4 is 45.4 Å². The Morgan fingerprint density at radius 1 is 0.970 bits per heavy atom. The molecular weight excluding hydrogens is 446 g/mol. The van der Waals surface area contributed by atoms with Crippen molar-refractivity contribution in [2.24, 2.45) is 5.92 Å². The molecule has 170 valence electrons. The van der Waals surface area contributed by atoms with Gasteiger partial charge in [-0.25, -0.2) is 4.98 Å². The lowest BCUT2D eigenvalue weighted by atomic mass is 10.0. The van der Waals surface area contributed by atoms with Crippen LogP contribution in [0, 0.1) is 5.92 Å². The molecule has 0 aliphatic rings. The fourth-order valence-corrected chi connectivity index (χ4v) is 3.85. The second-order valence-electron chi connectivity index (χ2n) is 7.75. The normalized spacial score (nSPS) is 11.3. The van der Waals surface area contributed by atoms with Crippen LogP contribution in [0.4, 0.5) is 0 Å². The van der Waals surface area contributed by atoms with Gasteiger partial charge in [0.1, 0.15) is 11.3 Å². The maximum Gasteiger partial charge on any atom is 0.317 e. The summed E-state index contributed by atoms with van der Waals surface area (Å²) in [6.07, 6.45) is 1.89. The number of ether oxygens (including phenoxy) is 1. The number of carboxylic acids is 2. The Hall–Kier alpha value is -3.58. The second kappa shape index (κ2) is 9.92. The number of carboxylic acid groups (broad SMARTS) is 2. The Labute approximate surface area is 194 Å². The Bertz CT molecular complexity index is 1300. The van der Waals surface area contributed by atoms with Crippen LogP contribution in [0.5, 0.6) is 5.75 Å². The smallest absolute Gasteiger partial charge is 0.317 e. The van der Waals surface area contributed by atoms with Gasteiger partial charge in [-0.3, -0.25) is 9.59 Å². The molecule has 0 atom stereocenters. The SMILES string of the molecule is O=C(O)C(CCCCCOc1cc2ccccc2cc1-c1nc2cc(Cl)ccc2o1)C(=O)O. The largest absolute Gasteiger partial charge is 0.493 e. The number of halogens is 1. The highest BCUT2D eigenvalue weighted by molar-refractivity contribution is 6.31. The molecule has 2 N–H and O–H groups in total. The highest BCUT2D eigenvalue weighted by Crippen LogP contribution is 2.36. The van der Waals surface area contributed by atoms with Crippen molar-refractivity contribution in [1.29, 1.82) is 0 Å². The van der Waals surface area contributed by atoms with Crippen LogP contribution in [0.2, 0.25) is 5.02 Å². The average molecular weight is 468 g/mol. The minimum absolute atomic E-state index is 0.0946. The highest BCUT2D eigenvalue weighted by atomic mass is 35.5. The van der Waals surface area contributed by atoms with Crippen LogP contribution < -0.4 is 4.74 Å². The van der Waals surface area contributed by atoms with Gasteiger partial charge < -0.3 is 19.4 Å². The van der Waals surface area contributed by atoms with Gasteiger partial charge in [-0.15, -0.1) is 0 Å². The minimum atomic E-state index is -1.37. The standard InChI is InChI=1S/C25H22ClNO6/c26-17-9-10-21-20(14-17)27-23(33-21)19-12-15-6-3-4-7-16(15)13-22(19)32-11-5-1-2-8-18(24(28)29)25(30)31/h3-4,6-7,9-10,12-14,18H,1-2,5,8,11H2,(H,28,29)(H,30,31). The maximum absolute atomic E-state index is 11.0. The fourth-order valence-electron chi connectivity index (χ4n) is 3.68. The Morgan fingerprint density at radius 2 is 1.70 bits per heavy atom. The molecule has 0 bridgehead atoms. The fraction of sp³-hybridized carbons (Fsp3) is 0.240. The topological polar surface area (TPSA) is 110 Å². The first-order valence-electron chi connectivity index (χ1n) is 10.6. The van der Waals surface area contributed by atoms with Gasteiger partial charge in [0.15, 0.2) is 11.5 Å². The van der Waals surface area contributed by atoms with Crippen LogP contribution in [0.25, 0.3) is 33.3 Å². The van der Waals surface area contributed by atoms with E-state index in [1.165, 1.54) is 0 Å². The third-order valence-corrected chi connectivity index (χ3v) is 5.65. The molecule has 0 amide bonds. The Kier molecular flexibility index (Phi) is 6.79. The number of oxazole rings is 1. The third kappa shape index (κ3) is 5.26. The zero-order chi connectivity index (χ0) is 23.4. The van der Waals surface area contributed by atoms with Crippen molar-refractivity contribution in [2.75, 3.05) is 6.61 Å². The van der Waals surface area contributed by atoms with Gasteiger partial charge in [0.25, 0.3) is 0 Å². The summed E-state index contributed by atoms with van der Waals surface area (Å²) in [4.78, 5) is 26.5. The molecule has 1 aromatic heterocycles. The van der Waals surface area contributed by atoms with Gasteiger partial charge in [0.05, 0.1) is 12.2 Å². The summed E-state index contributed by atoms with van der Waals surface area (Å²) < 4.78 is 12.0. The second-order valence-corrected chi connectivity index (χ2v) is 8.19. The van der Waals surface area contributed by atoms with Gasteiger partial charge >= 0.3 is 11.9 Å². The van der Waals surface area contributed by atoms with Gasteiger partial charge in [-0.1, -0.05) is 48.7 Å². The summed E-state index contributed by atoms with van der Waals surface area (Å²) in [7, 11) is 0. The van der Waals surface area contributed by atoms with E-state index in [2.05, 4.69) is 4.98 Å². The monoisotopic (exact) mass is 467 g/mol. The van der Waals surface area contributed by atoms with Gasteiger partial charge in [-0.2, -0.15) is 0 Å².